The number of hydrogen-bond donors (Lipinski definition) is 1. The van der Waals surface area contributed by atoms with Crippen molar-refractivity contribution in [3.05, 3.63) is 21.3 Å². The van der Waals surface area contributed by atoms with E-state index in [1.807, 2.05) is 11.4 Å². The number of thiophene rings is 1. The summed E-state index contributed by atoms with van der Waals surface area (Å²) >= 11 is 7.22. The van der Waals surface area contributed by atoms with Crippen molar-refractivity contribution in [1.29, 1.82) is 0 Å². The van der Waals surface area contributed by atoms with Gasteiger partial charge in [0, 0.05) is 6.61 Å². The van der Waals surface area contributed by atoms with Gasteiger partial charge < -0.3 is 5.11 Å². The first kappa shape index (κ1) is 7.06. The fourth-order valence-corrected chi connectivity index (χ4v) is 1.60. The molecule has 0 spiro atoms. The Kier molecular flexibility index (Phi) is 2.51. The third-order valence-electron chi connectivity index (χ3n) is 1.07. The number of rotatable bonds is 2. The summed E-state index contributed by atoms with van der Waals surface area (Å²) in [5.41, 5.74) is 1.05. The van der Waals surface area contributed by atoms with Crippen LogP contribution in [-0.4, -0.2) is 11.7 Å². The summed E-state index contributed by atoms with van der Waals surface area (Å²) in [6.45, 7) is 0.177. The van der Waals surface area contributed by atoms with Crippen LogP contribution in [0.4, 0.5) is 0 Å². The van der Waals surface area contributed by atoms with Crippen molar-refractivity contribution in [2.45, 2.75) is 6.42 Å². The Balaban J connectivity index is 2.69. The maximum atomic E-state index is 8.51. The first-order chi connectivity index (χ1) is 4.34. The van der Waals surface area contributed by atoms with Crippen LogP contribution in [0.2, 0.25) is 4.34 Å². The van der Waals surface area contributed by atoms with Gasteiger partial charge in [0.2, 0.25) is 0 Å². The molecule has 0 atom stereocenters. The predicted molar refractivity (Wildman–Crippen MR) is 40.1 cm³/mol. The maximum Gasteiger partial charge on any atom is 0.0961 e. The highest BCUT2D eigenvalue weighted by Crippen LogP contribution is 2.22. The summed E-state index contributed by atoms with van der Waals surface area (Å²) in [5.74, 6) is 0. The summed E-state index contributed by atoms with van der Waals surface area (Å²) in [4.78, 5) is 0. The van der Waals surface area contributed by atoms with Crippen molar-refractivity contribution < 1.29 is 5.11 Å². The molecule has 1 N–H and O–H groups in total. The molecule has 0 unspecified atom stereocenters. The summed E-state index contributed by atoms with van der Waals surface area (Å²) < 4.78 is 0.795. The standard InChI is InChI=1S/C6H7ClOS/c7-6-5(1-3-8)2-4-9-6/h2,4,8H,1,3H2. The highest BCUT2D eigenvalue weighted by atomic mass is 35.5. The van der Waals surface area contributed by atoms with Gasteiger partial charge in [-0.1, -0.05) is 11.6 Å². The van der Waals surface area contributed by atoms with Crippen LogP contribution >= 0.6 is 22.9 Å². The highest BCUT2D eigenvalue weighted by molar-refractivity contribution is 7.14. The first-order valence-electron chi connectivity index (χ1n) is 2.67. The molecule has 0 aromatic carbocycles. The van der Waals surface area contributed by atoms with Gasteiger partial charge in [-0.05, 0) is 23.4 Å². The lowest BCUT2D eigenvalue weighted by Crippen LogP contribution is -1.86. The average Bonchev–Trinajstić information content (AvgIpc) is 2.18. The molecule has 1 aromatic heterocycles. The van der Waals surface area contributed by atoms with E-state index >= 15 is 0 Å². The van der Waals surface area contributed by atoms with E-state index in [-0.39, 0.29) is 6.61 Å². The molecule has 0 bridgehead atoms. The molecular formula is C6H7ClOS. The average molecular weight is 163 g/mol. The van der Waals surface area contributed by atoms with Crippen LogP contribution in [0.1, 0.15) is 5.56 Å². The second kappa shape index (κ2) is 3.20. The molecule has 0 saturated heterocycles. The van der Waals surface area contributed by atoms with E-state index in [1.54, 1.807) is 0 Å². The molecular weight excluding hydrogens is 156 g/mol. The van der Waals surface area contributed by atoms with Crippen LogP contribution in [0.5, 0.6) is 0 Å². The molecule has 0 aliphatic carbocycles. The lowest BCUT2D eigenvalue weighted by atomic mass is 10.3. The van der Waals surface area contributed by atoms with Crippen LogP contribution < -0.4 is 0 Å². The van der Waals surface area contributed by atoms with E-state index < -0.39 is 0 Å². The Morgan fingerprint density at radius 3 is 2.89 bits per heavy atom. The van der Waals surface area contributed by atoms with Crippen molar-refractivity contribution >= 4 is 22.9 Å². The molecule has 1 rings (SSSR count). The molecule has 0 radical (unpaired) electrons. The molecule has 1 nitrogen and oxygen atoms in total. The predicted octanol–water partition coefficient (Wildman–Crippen LogP) is 1.94. The summed E-state index contributed by atoms with van der Waals surface area (Å²) in [7, 11) is 0. The van der Waals surface area contributed by atoms with Crippen LogP contribution in [0.3, 0.4) is 0 Å². The Hall–Kier alpha value is -0.0500. The molecule has 1 aromatic rings. The van der Waals surface area contributed by atoms with Gasteiger partial charge in [0.1, 0.15) is 0 Å². The first-order valence-corrected chi connectivity index (χ1v) is 3.93. The minimum atomic E-state index is 0.177. The lowest BCUT2D eigenvalue weighted by Gasteiger charge is -1.90. The fourth-order valence-electron chi connectivity index (χ4n) is 0.619. The molecule has 3 heteroatoms. The number of hydrogen-bond acceptors (Lipinski definition) is 2. The topological polar surface area (TPSA) is 20.2 Å². The zero-order valence-electron chi connectivity index (χ0n) is 4.80. The maximum absolute atomic E-state index is 8.51. The van der Waals surface area contributed by atoms with Gasteiger partial charge in [0.15, 0.2) is 0 Å². The zero-order valence-corrected chi connectivity index (χ0v) is 6.37. The molecule has 0 fully saturated rings. The number of halogens is 1. The minimum Gasteiger partial charge on any atom is -0.396 e. The van der Waals surface area contributed by atoms with Gasteiger partial charge in [-0.2, -0.15) is 0 Å². The van der Waals surface area contributed by atoms with Crippen molar-refractivity contribution in [3.63, 3.8) is 0 Å². The second-order valence-electron chi connectivity index (χ2n) is 1.69. The Morgan fingerprint density at radius 2 is 2.44 bits per heavy atom. The fraction of sp³-hybridized carbons (Fsp3) is 0.333. The zero-order chi connectivity index (χ0) is 6.69. The SMILES string of the molecule is OCCc1ccsc1Cl. The largest absolute Gasteiger partial charge is 0.396 e. The van der Waals surface area contributed by atoms with Crippen molar-refractivity contribution in [3.8, 4) is 0 Å². The minimum absolute atomic E-state index is 0.177. The monoisotopic (exact) mass is 162 g/mol. The van der Waals surface area contributed by atoms with Gasteiger partial charge in [-0.25, -0.2) is 0 Å². The smallest absolute Gasteiger partial charge is 0.0961 e. The van der Waals surface area contributed by atoms with E-state index in [0.717, 1.165) is 9.90 Å². The summed E-state index contributed by atoms with van der Waals surface area (Å²) in [6.07, 6.45) is 0.669. The van der Waals surface area contributed by atoms with E-state index in [2.05, 4.69) is 0 Å². The third kappa shape index (κ3) is 1.68. The summed E-state index contributed by atoms with van der Waals surface area (Å²) in [5, 5.41) is 10.4. The van der Waals surface area contributed by atoms with Gasteiger partial charge in [0.25, 0.3) is 0 Å². The second-order valence-corrected chi connectivity index (χ2v) is 3.21. The number of aliphatic hydroxyl groups excluding tert-OH is 1. The molecule has 9 heavy (non-hydrogen) atoms. The van der Waals surface area contributed by atoms with Crippen LogP contribution in [0.15, 0.2) is 11.4 Å². The van der Waals surface area contributed by atoms with E-state index in [4.69, 9.17) is 16.7 Å². The Morgan fingerprint density at radius 1 is 1.67 bits per heavy atom. The van der Waals surface area contributed by atoms with Gasteiger partial charge >= 0.3 is 0 Å². The Labute approximate surface area is 62.9 Å². The van der Waals surface area contributed by atoms with E-state index in [1.165, 1.54) is 11.3 Å². The quantitative estimate of drug-likeness (QED) is 0.705. The molecule has 50 valence electrons. The van der Waals surface area contributed by atoms with Crippen LogP contribution in [-0.2, 0) is 6.42 Å². The van der Waals surface area contributed by atoms with Gasteiger partial charge in [-0.15, -0.1) is 11.3 Å². The highest BCUT2D eigenvalue weighted by Gasteiger charge is 1.97. The lowest BCUT2D eigenvalue weighted by molar-refractivity contribution is 0.300. The number of aliphatic hydroxyl groups is 1. The summed E-state index contributed by atoms with van der Waals surface area (Å²) in [6, 6.07) is 1.93. The normalized spacial score (nSPS) is 10.0. The Bertz CT molecular complexity index is 185. The van der Waals surface area contributed by atoms with Crippen LogP contribution in [0, 0.1) is 0 Å². The van der Waals surface area contributed by atoms with Crippen molar-refractivity contribution in [1.82, 2.24) is 0 Å². The molecule has 0 saturated carbocycles. The third-order valence-corrected chi connectivity index (χ3v) is 2.33. The molecule has 1 heterocycles. The van der Waals surface area contributed by atoms with Crippen molar-refractivity contribution in [2.24, 2.45) is 0 Å². The van der Waals surface area contributed by atoms with Crippen LogP contribution in [0.25, 0.3) is 0 Å². The molecule has 0 amide bonds. The van der Waals surface area contributed by atoms with Gasteiger partial charge in [-0.3, -0.25) is 0 Å². The van der Waals surface area contributed by atoms with Gasteiger partial charge in [0.05, 0.1) is 4.34 Å². The molecule has 0 aliphatic heterocycles. The van der Waals surface area contributed by atoms with Crippen molar-refractivity contribution in [2.75, 3.05) is 6.61 Å². The van der Waals surface area contributed by atoms with E-state index in [9.17, 15) is 0 Å². The molecule has 0 aliphatic rings. The van der Waals surface area contributed by atoms with E-state index in [0.29, 0.717) is 6.42 Å².